The molecular weight excluding hydrogens is 224 g/mol. The Hall–Kier alpha value is -1.86. The molecule has 0 saturated heterocycles. The lowest BCUT2D eigenvalue weighted by Gasteiger charge is -1.98. The predicted octanol–water partition coefficient (Wildman–Crippen LogP) is 5.07. The Morgan fingerprint density at radius 3 is 2.47 bits per heavy atom. The van der Waals surface area contributed by atoms with Gasteiger partial charge in [0.2, 0.25) is 0 Å². The number of benzene rings is 2. The molecule has 1 aromatic heterocycles. The molecule has 0 bridgehead atoms. The largest absolute Gasteiger partial charge is 0.144 e. The van der Waals surface area contributed by atoms with E-state index in [4.69, 9.17) is 0 Å². The van der Waals surface area contributed by atoms with Gasteiger partial charge < -0.3 is 0 Å². The second-order valence-corrected chi connectivity index (χ2v) is 4.93. The van der Waals surface area contributed by atoms with Gasteiger partial charge in [0, 0.05) is 4.88 Å². The van der Waals surface area contributed by atoms with Gasteiger partial charge in [0.25, 0.3) is 0 Å². The normalized spacial score (nSPS) is 11.3. The monoisotopic (exact) mass is 236 g/mol. The first kappa shape index (κ1) is 10.3. The summed E-state index contributed by atoms with van der Waals surface area (Å²) in [6.07, 6.45) is 4.33. The molecule has 0 N–H and O–H groups in total. The van der Waals surface area contributed by atoms with Crippen molar-refractivity contribution in [2.75, 3.05) is 0 Å². The van der Waals surface area contributed by atoms with Crippen molar-refractivity contribution in [3.63, 3.8) is 0 Å². The van der Waals surface area contributed by atoms with Gasteiger partial charge in [0.1, 0.15) is 0 Å². The second kappa shape index (κ2) is 4.56. The van der Waals surface area contributed by atoms with E-state index in [1.54, 1.807) is 11.3 Å². The zero-order valence-corrected chi connectivity index (χ0v) is 10.2. The zero-order valence-electron chi connectivity index (χ0n) is 9.34. The summed E-state index contributed by atoms with van der Waals surface area (Å²) < 4.78 is 0. The number of hydrogen-bond acceptors (Lipinski definition) is 1. The third kappa shape index (κ3) is 2.29. The van der Waals surface area contributed by atoms with E-state index >= 15 is 0 Å². The summed E-state index contributed by atoms with van der Waals surface area (Å²) in [5.74, 6) is 0. The molecule has 2 aromatic carbocycles. The molecule has 0 nitrogen and oxygen atoms in total. The summed E-state index contributed by atoms with van der Waals surface area (Å²) in [5, 5.41) is 4.68. The maximum absolute atomic E-state index is 2.22. The molecule has 0 unspecified atom stereocenters. The molecule has 0 fully saturated rings. The summed E-state index contributed by atoms with van der Waals surface area (Å²) in [7, 11) is 0. The minimum absolute atomic E-state index is 1.25. The second-order valence-electron chi connectivity index (χ2n) is 3.96. The molecule has 0 saturated carbocycles. The third-order valence-electron chi connectivity index (χ3n) is 2.76. The maximum Gasteiger partial charge on any atom is 0.0270 e. The summed E-state index contributed by atoms with van der Waals surface area (Å²) in [6, 6.07) is 19.2. The average Bonchev–Trinajstić information content (AvgIpc) is 2.89. The van der Waals surface area contributed by atoms with E-state index in [9.17, 15) is 0 Å². The molecule has 0 radical (unpaired) electrons. The van der Waals surface area contributed by atoms with Crippen LogP contribution in [0.3, 0.4) is 0 Å². The molecule has 1 heteroatoms. The quantitative estimate of drug-likeness (QED) is 0.582. The number of rotatable bonds is 2. The van der Waals surface area contributed by atoms with Crippen LogP contribution in [0.4, 0.5) is 0 Å². The predicted molar refractivity (Wildman–Crippen MR) is 77.2 cm³/mol. The Balaban J connectivity index is 1.96. The van der Waals surface area contributed by atoms with Gasteiger partial charge in [0.05, 0.1) is 0 Å². The van der Waals surface area contributed by atoms with Crippen LogP contribution in [0.1, 0.15) is 10.4 Å². The highest BCUT2D eigenvalue weighted by Crippen LogP contribution is 2.18. The van der Waals surface area contributed by atoms with Gasteiger partial charge in [-0.25, -0.2) is 0 Å². The van der Waals surface area contributed by atoms with Gasteiger partial charge in [0.15, 0.2) is 0 Å². The van der Waals surface area contributed by atoms with Crippen molar-refractivity contribution in [1.29, 1.82) is 0 Å². The maximum atomic E-state index is 2.22. The van der Waals surface area contributed by atoms with E-state index in [0.29, 0.717) is 0 Å². The van der Waals surface area contributed by atoms with Crippen molar-refractivity contribution >= 4 is 34.3 Å². The minimum Gasteiger partial charge on any atom is -0.144 e. The van der Waals surface area contributed by atoms with E-state index in [1.807, 2.05) is 0 Å². The van der Waals surface area contributed by atoms with Gasteiger partial charge in [-0.1, -0.05) is 48.5 Å². The lowest BCUT2D eigenvalue weighted by Crippen LogP contribution is -1.74. The smallest absolute Gasteiger partial charge is 0.0270 e. The number of fused-ring (bicyclic) bond motifs is 1. The number of thiophene rings is 1. The minimum atomic E-state index is 1.25. The van der Waals surface area contributed by atoms with Gasteiger partial charge >= 0.3 is 0 Å². The highest BCUT2D eigenvalue weighted by molar-refractivity contribution is 7.10. The summed E-state index contributed by atoms with van der Waals surface area (Å²) in [6.45, 7) is 0. The fraction of sp³-hybridized carbons (Fsp3) is 0. The van der Waals surface area contributed by atoms with E-state index in [-0.39, 0.29) is 0 Å². The topological polar surface area (TPSA) is 0 Å². The number of hydrogen-bond donors (Lipinski definition) is 0. The van der Waals surface area contributed by atoms with E-state index in [2.05, 4.69) is 72.1 Å². The summed E-state index contributed by atoms with van der Waals surface area (Å²) in [4.78, 5) is 1.29. The molecule has 17 heavy (non-hydrogen) atoms. The first-order valence-electron chi connectivity index (χ1n) is 5.62. The Morgan fingerprint density at radius 2 is 1.65 bits per heavy atom. The fourth-order valence-corrected chi connectivity index (χ4v) is 2.49. The molecular formula is C16H12S. The lowest BCUT2D eigenvalue weighted by molar-refractivity contribution is 1.71. The van der Waals surface area contributed by atoms with Crippen molar-refractivity contribution in [3.05, 3.63) is 70.4 Å². The molecule has 0 aliphatic heterocycles. The summed E-state index contributed by atoms with van der Waals surface area (Å²) in [5.41, 5.74) is 1.25. The van der Waals surface area contributed by atoms with Crippen LogP contribution >= 0.6 is 11.3 Å². The molecule has 1 heterocycles. The van der Waals surface area contributed by atoms with Crippen LogP contribution in [0.25, 0.3) is 22.9 Å². The molecule has 3 rings (SSSR count). The van der Waals surface area contributed by atoms with Crippen LogP contribution in [0, 0.1) is 0 Å². The molecule has 3 aromatic rings. The Kier molecular flexibility index (Phi) is 2.76. The Labute approximate surface area is 105 Å². The lowest BCUT2D eigenvalue weighted by atomic mass is 10.1. The summed E-state index contributed by atoms with van der Waals surface area (Å²) >= 11 is 1.76. The molecule has 0 spiro atoms. The van der Waals surface area contributed by atoms with Crippen LogP contribution in [-0.4, -0.2) is 0 Å². The van der Waals surface area contributed by atoms with Gasteiger partial charge in [-0.15, -0.1) is 11.3 Å². The van der Waals surface area contributed by atoms with Crippen molar-refractivity contribution in [1.82, 2.24) is 0 Å². The fourth-order valence-electron chi connectivity index (χ4n) is 1.88. The van der Waals surface area contributed by atoms with E-state index in [0.717, 1.165) is 0 Å². The van der Waals surface area contributed by atoms with Crippen molar-refractivity contribution in [2.24, 2.45) is 0 Å². The molecule has 0 amide bonds. The average molecular weight is 236 g/mol. The Morgan fingerprint density at radius 1 is 0.765 bits per heavy atom. The first-order valence-corrected chi connectivity index (χ1v) is 6.50. The molecule has 0 atom stereocenters. The van der Waals surface area contributed by atoms with Gasteiger partial charge in [-0.05, 0) is 39.9 Å². The van der Waals surface area contributed by atoms with E-state index in [1.165, 1.54) is 21.2 Å². The SMILES string of the molecule is C(=Cc1cccs1)c1ccc2ccccc2c1. The Bertz CT molecular complexity index is 648. The third-order valence-corrected chi connectivity index (χ3v) is 3.59. The van der Waals surface area contributed by atoms with Crippen LogP contribution in [0.5, 0.6) is 0 Å². The van der Waals surface area contributed by atoms with Crippen LogP contribution in [0.2, 0.25) is 0 Å². The molecule has 82 valence electrons. The van der Waals surface area contributed by atoms with Crippen molar-refractivity contribution in [3.8, 4) is 0 Å². The highest BCUT2D eigenvalue weighted by Gasteiger charge is 1.93. The standard InChI is InChI=1S/C16H12S/c1-2-5-15-12-13(7-9-14(15)4-1)8-10-16-6-3-11-17-16/h1-12H. The highest BCUT2D eigenvalue weighted by atomic mass is 32.1. The molecule has 0 aliphatic rings. The molecule has 0 aliphatic carbocycles. The zero-order chi connectivity index (χ0) is 11.5. The van der Waals surface area contributed by atoms with Crippen LogP contribution < -0.4 is 0 Å². The van der Waals surface area contributed by atoms with Crippen LogP contribution in [-0.2, 0) is 0 Å². The van der Waals surface area contributed by atoms with Crippen molar-refractivity contribution < 1.29 is 0 Å². The van der Waals surface area contributed by atoms with Gasteiger partial charge in [-0.2, -0.15) is 0 Å². The van der Waals surface area contributed by atoms with Crippen molar-refractivity contribution in [2.45, 2.75) is 0 Å². The van der Waals surface area contributed by atoms with Crippen LogP contribution in [0.15, 0.2) is 60.0 Å². The van der Waals surface area contributed by atoms with Gasteiger partial charge in [-0.3, -0.25) is 0 Å². The van der Waals surface area contributed by atoms with E-state index < -0.39 is 0 Å². The first-order chi connectivity index (χ1) is 8.42.